The van der Waals surface area contributed by atoms with E-state index in [0.717, 1.165) is 0 Å². The standard InChI is InChI=1S/C7H10F2O2/c1-3-5-6(4-2)11-7(8,9)10-5/h3-4H2,1-2H3. The molecule has 0 unspecified atom stereocenters. The molecule has 1 heterocycles. The van der Waals surface area contributed by atoms with Gasteiger partial charge in [0.05, 0.1) is 0 Å². The van der Waals surface area contributed by atoms with Crippen molar-refractivity contribution in [1.29, 1.82) is 0 Å². The molecule has 1 aliphatic heterocycles. The Kier molecular flexibility index (Phi) is 2.02. The molecule has 0 amide bonds. The third-order valence-corrected chi connectivity index (χ3v) is 1.44. The molecule has 0 radical (unpaired) electrons. The second kappa shape index (κ2) is 2.68. The van der Waals surface area contributed by atoms with E-state index in [4.69, 9.17) is 0 Å². The van der Waals surface area contributed by atoms with Gasteiger partial charge >= 0.3 is 6.29 Å². The molecule has 0 fully saturated rings. The summed E-state index contributed by atoms with van der Waals surface area (Å²) in [5.74, 6) is 0.523. The molecular formula is C7H10F2O2. The Morgan fingerprint density at radius 2 is 1.45 bits per heavy atom. The summed E-state index contributed by atoms with van der Waals surface area (Å²) in [5, 5.41) is 0. The molecule has 0 aliphatic carbocycles. The van der Waals surface area contributed by atoms with Gasteiger partial charge in [0.15, 0.2) is 0 Å². The van der Waals surface area contributed by atoms with Crippen LogP contribution in [0.25, 0.3) is 0 Å². The third kappa shape index (κ3) is 1.61. The monoisotopic (exact) mass is 164 g/mol. The van der Waals surface area contributed by atoms with Crippen LogP contribution in [0.2, 0.25) is 0 Å². The van der Waals surface area contributed by atoms with Gasteiger partial charge in [-0.05, 0) is 0 Å². The zero-order valence-electron chi connectivity index (χ0n) is 6.49. The van der Waals surface area contributed by atoms with Crippen LogP contribution in [0.1, 0.15) is 26.7 Å². The number of allylic oxidation sites excluding steroid dienone is 2. The van der Waals surface area contributed by atoms with Crippen molar-refractivity contribution in [3.8, 4) is 0 Å². The molecule has 0 bridgehead atoms. The number of hydrogen-bond acceptors (Lipinski definition) is 2. The van der Waals surface area contributed by atoms with Crippen molar-refractivity contribution in [2.45, 2.75) is 33.0 Å². The van der Waals surface area contributed by atoms with E-state index in [1.807, 2.05) is 0 Å². The van der Waals surface area contributed by atoms with Gasteiger partial charge in [0, 0.05) is 12.8 Å². The van der Waals surface area contributed by atoms with Crippen molar-refractivity contribution in [1.82, 2.24) is 0 Å². The first kappa shape index (κ1) is 8.30. The molecule has 11 heavy (non-hydrogen) atoms. The maximum absolute atomic E-state index is 12.3. The molecule has 0 atom stereocenters. The zero-order valence-corrected chi connectivity index (χ0v) is 6.49. The lowest BCUT2D eigenvalue weighted by atomic mass is 10.3. The van der Waals surface area contributed by atoms with Gasteiger partial charge < -0.3 is 9.47 Å². The van der Waals surface area contributed by atoms with E-state index in [9.17, 15) is 8.78 Å². The van der Waals surface area contributed by atoms with Gasteiger partial charge in [0.2, 0.25) is 0 Å². The fourth-order valence-electron chi connectivity index (χ4n) is 0.960. The Labute approximate surface area is 63.8 Å². The topological polar surface area (TPSA) is 18.5 Å². The predicted molar refractivity (Wildman–Crippen MR) is 34.7 cm³/mol. The normalized spacial score (nSPS) is 21.5. The van der Waals surface area contributed by atoms with E-state index < -0.39 is 6.29 Å². The highest BCUT2D eigenvalue weighted by atomic mass is 19.3. The SMILES string of the molecule is CCC1=C(CC)OC(F)(F)O1. The number of rotatable bonds is 2. The lowest BCUT2D eigenvalue weighted by Crippen LogP contribution is -2.16. The first-order valence-corrected chi connectivity index (χ1v) is 3.57. The molecule has 0 aromatic carbocycles. The highest BCUT2D eigenvalue weighted by molar-refractivity contribution is 5.04. The molecule has 0 saturated carbocycles. The van der Waals surface area contributed by atoms with Gasteiger partial charge in [-0.1, -0.05) is 13.8 Å². The summed E-state index contributed by atoms with van der Waals surface area (Å²) < 4.78 is 33.1. The van der Waals surface area contributed by atoms with Gasteiger partial charge in [-0.25, -0.2) is 0 Å². The van der Waals surface area contributed by atoms with E-state index in [1.54, 1.807) is 13.8 Å². The van der Waals surface area contributed by atoms with Gasteiger partial charge in [-0.2, -0.15) is 0 Å². The van der Waals surface area contributed by atoms with Gasteiger partial charge in [-0.3, -0.25) is 0 Å². The highest BCUT2D eigenvalue weighted by Gasteiger charge is 2.43. The minimum atomic E-state index is -3.43. The maximum atomic E-state index is 12.3. The van der Waals surface area contributed by atoms with Crippen molar-refractivity contribution in [2.75, 3.05) is 0 Å². The summed E-state index contributed by atoms with van der Waals surface area (Å²) in [6, 6.07) is 0. The largest absolute Gasteiger partial charge is 0.585 e. The van der Waals surface area contributed by atoms with Crippen molar-refractivity contribution in [2.24, 2.45) is 0 Å². The number of ether oxygens (including phenoxy) is 2. The second-order valence-electron chi connectivity index (χ2n) is 2.22. The minimum absolute atomic E-state index is 0.262. The Hall–Kier alpha value is -0.800. The lowest BCUT2D eigenvalue weighted by molar-refractivity contribution is -0.338. The smallest absolute Gasteiger partial charge is 0.400 e. The number of alkyl halides is 2. The van der Waals surface area contributed by atoms with E-state index in [0.29, 0.717) is 12.8 Å². The molecule has 0 N–H and O–H groups in total. The molecule has 0 saturated heterocycles. The first-order valence-electron chi connectivity index (χ1n) is 3.57. The molecule has 4 heteroatoms. The van der Waals surface area contributed by atoms with Crippen LogP contribution in [0.3, 0.4) is 0 Å². The molecule has 0 aromatic rings. The summed E-state index contributed by atoms with van der Waals surface area (Å²) in [6.07, 6.45) is -2.55. The molecule has 2 nitrogen and oxygen atoms in total. The second-order valence-corrected chi connectivity index (χ2v) is 2.22. The quantitative estimate of drug-likeness (QED) is 0.624. The van der Waals surface area contributed by atoms with Crippen molar-refractivity contribution in [3.05, 3.63) is 11.5 Å². The Balaban J connectivity index is 2.71. The molecule has 64 valence electrons. The maximum Gasteiger partial charge on any atom is 0.585 e. The van der Waals surface area contributed by atoms with Crippen LogP contribution in [0.4, 0.5) is 8.78 Å². The third-order valence-electron chi connectivity index (χ3n) is 1.44. The summed E-state index contributed by atoms with van der Waals surface area (Å²) >= 11 is 0. The first-order chi connectivity index (χ1) is 5.09. The van der Waals surface area contributed by atoms with E-state index >= 15 is 0 Å². The van der Waals surface area contributed by atoms with Crippen LogP contribution in [0, 0.1) is 0 Å². The average molecular weight is 164 g/mol. The predicted octanol–water partition coefficient (Wildman–Crippen LogP) is 2.62. The van der Waals surface area contributed by atoms with E-state index in [2.05, 4.69) is 9.47 Å². The van der Waals surface area contributed by atoms with Crippen LogP contribution in [-0.2, 0) is 9.47 Å². The van der Waals surface area contributed by atoms with Gasteiger partial charge in [0.25, 0.3) is 0 Å². The van der Waals surface area contributed by atoms with Gasteiger partial charge in [0.1, 0.15) is 11.5 Å². The van der Waals surface area contributed by atoms with Crippen molar-refractivity contribution in [3.63, 3.8) is 0 Å². The van der Waals surface area contributed by atoms with E-state index in [-0.39, 0.29) is 11.5 Å². The highest BCUT2D eigenvalue weighted by Crippen LogP contribution is 2.35. The Bertz CT molecular complexity index is 169. The van der Waals surface area contributed by atoms with E-state index in [1.165, 1.54) is 0 Å². The summed E-state index contributed by atoms with van der Waals surface area (Å²) in [7, 11) is 0. The number of halogens is 2. The number of hydrogen-bond donors (Lipinski definition) is 0. The van der Waals surface area contributed by atoms with Crippen molar-refractivity contribution < 1.29 is 18.3 Å². The van der Waals surface area contributed by atoms with Crippen LogP contribution >= 0.6 is 0 Å². The fraction of sp³-hybridized carbons (Fsp3) is 0.714. The summed E-state index contributed by atoms with van der Waals surface area (Å²) in [5.41, 5.74) is 0. The van der Waals surface area contributed by atoms with Gasteiger partial charge in [-0.15, -0.1) is 8.78 Å². The Morgan fingerprint density at radius 3 is 1.73 bits per heavy atom. The van der Waals surface area contributed by atoms with Crippen molar-refractivity contribution >= 4 is 0 Å². The van der Waals surface area contributed by atoms with Crippen LogP contribution in [-0.4, -0.2) is 6.29 Å². The van der Waals surface area contributed by atoms with Crippen LogP contribution < -0.4 is 0 Å². The average Bonchev–Trinajstić information content (AvgIpc) is 2.25. The molecule has 0 aromatic heterocycles. The Morgan fingerprint density at radius 1 is 1.09 bits per heavy atom. The minimum Gasteiger partial charge on any atom is -0.400 e. The van der Waals surface area contributed by atoms with Crippen LogP contribution in [0.5, 0.6) is 0 Å². The lowest BCUT2D eigenvalue weighted by Gasteiger charge is -2.07. The molecule has 1 aliphatic rings. The molecule has 1 rings (SSSR count). The fourth-order valence-corrected chi connectivity index (χ4v) is 0.960. The van der Waals surface area contributed by atoms with Crippen LogP contribution in [0.15, 0.2) is 11.5 Å². The molecule has 0 spiro atoms. The summed E-state index contributed by atoms with van der Waals surface area (Å²) in [4.78, 5) is 0. The summed E-state index contributed by atoms with van der Waals surface area (Å²) in [6.45, 7) is 3.49. The molecular weight excluding hydrogens is 154 g/mol. The zero-order chi connectivity index (χ0) is 8.48.